The highest BCUT2D eigenvalue weighted by atomic mass is 16.7. The van der Waals surface area contributed by atoms with Crippen molar-refractivity contribution in [3.63, 3.8) is 0 Å². The molecule has 1 aliphatic heterocycles. The van der Waals surface area contributed by atoms with Crippen LogP contribution < -0.4 is 4.74 Å². The summed E-state index contributed by atoms with van der Waals surface area (Å²) in [5.74, 6) is 0.461. The number of benzene rings is 2. The molecule has 0 saturated carbocycles. The number of aliphatic hydroxyl groups is 4. The molecular formula is C16H18O6. The molecule has 0 aliphatic carbocycles. The van der Waals surface area contributed by atoms with Gasteiger partial charge in [-0.15, -0.1) is 0 Å². The summed E-state index contributed by atoms with van der Waals surface area (Å²) in [6.45, 7) is -0.484. The lowest BCUT2D eigenvalue weighted by Gasteiger charge is -2.39. The van der Waals surface area contributed by atoms with E-state index in [4.69, 9.17) is 14.6 Å². The largest absolute Gasteiger partial charge is 0.462 e. The molecule has 5 atom stereocenters. The molecule has 118 valence electrons. The van der Waals surface area contributed by atoms with Gasteiger partial charge in [0, 0.05) is 0 Å². The van der Waals surface area contributed by atoms with Gasteiger partial charge in [-0.1, -0.05) is 30.3 Å². The first-order chi connectivity index (χ1) is 10.6. The summed E-state index contributed by atoms with van der Waals surface area (Å²) < 4.78 is 10.9. The predicted molar refractivity (Wildman–Crippen MR) is 78.3 cm³/mol. The zero-order valence-electron chi connectivity index (χ0n) is 11.7. The molecular weight excluding hydrogens is 288 g/mol. The molecule has 6 heteroatoms. The van der Waals surface area contributed by atoms with Gasteiger partial charge in [0.2, 0.25) is 6.29 Å². The minimum absolute atomic E-state index is 0.461. The molecule has 0 aromatic heterocycles. The van der Waals surface area contributed by atoms with Crippen LogP contribution in [0.25, 0.3) is 10.8 Å². The summed E-state index contributed by atoms with van der Waals surface area (Å²) in [5, 5.41) is 40.6. The quantitative estimate of drug-likeness (QED) is 0.638. The van der Waals surface area contributed by atoms with E-state index in [9.17, 15) is 15.3 Å². The lowest BCUT2D eigenvalue weighted by Crippen LogP contribution is -2.60. The number of hydrogen-bond donors (Lipinski definition) is 4. The van der Waals surface area contributed by atoms with Crippen LogP contribution >= 0.6 is 0 Å². The third-order valence-electron chi connectivity index (χ3n) is 3.82. The minimum atomic E-state index is -1.45. The van der Waals surface area contributed by atoms with Crippen LogP contribution in [0.1, 0.15) is 0 Å². The van der Waals surface area contributed by atoms with Crippen molar-refractivity contribution in [3.8, 4) is 5.75 Å². The van der Waals surface area contributed by atoms with Gasteiger partial charge >= 0.3 is 0 Å². The normalized spacial score (nSPS) is 32.1. The van der Waals surface area contributed by atoms with E-state index in [1.165, 1.54) is 0 Å². The monoisotopic (exact) mass is 306 g/mol. The van der Waals surface area contributed by atoms with Crippen molar-refractivity contribution in [2.45, 2.75) is 30.7 Å². The van der Waals surface area contributed by atoms with Crippen LogP contribution in [-0.2, 0) is 4.74 Å². The van der Waals surface area contributed by atoms with Crippen molar-refractivity contribution in [3.05, 3.63) is 42.5 Å². The maximum atomic E-state index is 9.95. The van der Waals surface area contributed by atoms with Gasteiger partial charge in [-0.3, -0.25) is 0 Å². The summed E-state index contributed by atoms with van der Waals surface area (Å²) >= 11 is 0. The lowest BCUT2D eigenvalue weighted by molar-refractivity contribution is -0.277. The summed E-state index contributed by atoms with van der Waals surface area (Å²) in [7, 11) is 0. The Labute approximate surface area is 127 Å². The number of ether oxygens (including phenoxy) is 2. The third-order valence-corrected chi connectivity index (χ3v) is 3.82. The molecule has 4 N–H and O–H groups in total. The smallest absolute Gasteiger partial charge is 0.229 e. The van der Waals surface area contributed by atoms with E-state index in [-0.39, 0.29) is 0 Å². The third kappa shape index (κ3) is 2.79. The molecule has 1 aliphatic rings. The van der Waals surface area contributed by atoms with E-state index < -0.39 is 37.3 Å². The second kappa shape index (κ2) is 6.20. The number of fused-ring (bicyclic) bond motifs is 1. The summed E-state index contributed by atoms with van der Waals surface area (Å²) in [5.41, 5.74) is 0. The zero-order valence-corrected chi connectivity index (χ0v) is 11.7. The zero-order chi connectivity index (χ0) is 15.7. The van der Waals surface area contributed by atoms with Crippen LogP contribution in [0.5, 0.6) is 5.75 Å². The predicted octanol–water partition coefficient (Wildman–Crippen LogP) is 0.0185. The molecule has 0 unspecified atom stereocenters. The Morgan fingerprint density at radius 1 is 0.909 bits per heavy atom. The molecule has 2 aromatic carbocycles. The number of aliphatic hydroxyl groups excluding tert-OH is 4. The Kier molecular flexibility index (Phi) is 4.28. The maximum absolute atomic E-state index is 9.95. The average molecular weight is 306 g/mol. The standard InChI is InChI=1S/C16H18O6/c17-8-12-13(18)14(19)15(20)16(22-12)21-11-6-5-9-3-1-2-4-10(9)7-11/h1-7,12-20H,8H2/t12-,13+,14-,15-,16-/m1/s1. The van der Waals surface area contributed by atoms with Gasteiger partial charge in [0.05, 0.1) is 6.61 Å². The molecule has 22 heavy (non-hydrogen) atoms. The second-order valence-electron chi connectivity index (χ2n) is 5.32. The molecule has 0 bridgehead atoms. The average Bonchev–Trinajstić information content (AvgIpc) is 2.55. The Balaban J connectivity index is 1.80. The van der Waals surface area contributed by atoms with Gasteiger partial charge in [0.25, 0.3) is 0 Å². The van der Waals surface area contributed by atoms with Crippen LogP contribution in [0.4, 0.5) is 0 Å². The molecule has 0 radical (unpaired) electrons. The molecule has 1 heterocycles. The topological polar surface area (TPSA) is 99.4 Å². The molecule has 0 spiro atoms. The van der Waals surface area contributed by atoms with Gasteiger partial charge < -0.3 is 29.9 Å². The van der Waals surface area contributed by atoms with Crippen molar-refractivity contribution in [1.82, 2.24) is 0 Å². The van der Waals surface area contributed by atoms with Gasteiger partial charge in [-0.25, -0.2) is 0 Å². The highest BCUT2D eigenvalue weighted by Gasteiger charge is 2.44. The number of hydrogen-bond acceptors (Lipinski definition) is 6. The van der Waals surface area contributed by atoms with Crippen LogP contribution in [0.2, 0.25) is 0 Å². The van der Waals surface area contributed by atoms with E-state index in [1.54, 1.807) is 12.1 Å². The Morgan fingerprint density at radius 2 is 1.64 bits per heavy atom. The van der Waals surface area contributed by atoms with E-state index in [0.29, 0.717) is 5.75 Å². The van der Waals surface area contributed by atoms with Crippen LogP contribution in [0, 0.1) is 0 Å². The van der Waals surface area contributed by atoms with E-state index in [2.05, 4.69) is 0 Å². The van der Waals surface area contributed by atoms with Crippen molar-refractivity contribution in [2.24, 2.45) is 0 Å². The second-order valence-corrected chi connectivity index (χ2v) is 5.32. The van der Waals surface area contributed by atoms with Crippen LogP contribution in [-0.4, -0.2) is 57.7 Å². The molecule has 1 saturated heterocycles. The first-order valence-electron chi connectivity index (χ1n) is 7.06. The van der Waals surface area contributed by atoms with Crippen molar-refractivity contribution < 1.29 is 29.9 Å². The lowest BCUT2D eigenvalue weighted by atomic mass is 9.99. The highest BCUT2D eigenvalue weighted by Crippen LogP contribution is 2.26. The molecule has 6 nitrogen and oxygen atoms in total. The fraction of sp³-hybridized carbons (Fsp3) is 0.375. The van der Waals surface area contributed by atoms with E-state index in [1.807, 2.05) is 30.3 Å². The highest BCUT2D eigenvalue weighted by molar-refractivity contribution is 5.83. The molecule has 0 amide bonds. The van der Waals surface area contributed by atoms with Crippen molar-refractivity contribution in [2.75, 3.05) is 6.61 Å². The van der Waals surface area contributed by atoms with Crippen LogP contribution in [0.15, 0.2) is 42.5 Å². The molecule has 1 fully saturated rings. The fourth-order valence-corrected chi connectivity index (χ4v) is 2.54. The van der Waals surface area contributed by atoms with Crippen molar-refractivity contribution >= 4 is 10.8 Å². The molecule has 3 rings (SSSR count). The van der Waals surface area contributed by atoms with Gasteiger partial charge in [0.15, 0.2) is 0 Å². The van der Waals surface area contributed by atoms with Gasteiger partial charge in [-0.2, -0.15) is 0 Å². The summed E-state index contributed by atoms with van der Waals surface area (Å²) in [6.07, 6.45) is -6.40. The maximum Gasteiger partial charge on any atom is 0.229 e. The minimum Gasteiger partial charge on any atom is -0.462 e. The Hall–Kier alpha value is -1.70. The van der Waals surface area contributed by atoms with E-state index >= 15 is 0 Å². The number of rotatable bonds is 3. The first-order valence-corrected chi connectivity index (χ1v) is 7.06. The first kappa shape index (κ1) is 15.2. The Morgan fingerprint density at radius 3 is 2.36 bits per heavy atom. The van der Waals surface area contributed by atoms with Gasteiger partial charge in [-0.05, 0) is 22.9 Å². The summed E-state index contributed by atoms with van der Waals surface area (Å²) in [6, 6.07) is 13.1. The SMILES string of the molecule is OC[C@H]1O[C@@H](Oc2ccc3ccccc3c2)[C@H](O)[C@H](O)[C@H]1O. The Bertz CT molecular complexity index is 643. The van der Waals surface area contributed by atoms with Crippen LogP contribution in [0.3, 0.4) is 0 Å². The summed E-state index contributed by atoms with van der Waals surface area (Å²) in [4.78, 5) is 0. The fourth-order valence-electron chi connectivity index (χ4n) is 2.54. The molecule has 2 aromatic rings. The van der Waals surface area contributed by atoms with E-state index in [0.717, 1.165) is 10.8 Å². The van der Waals surface area contributed by atoms with Crippen molar-refractivity contribution in [1.29, 1.82) is 0 Å². The van der Waals surface area contributed by atoms with Gasteiger partial charge in [0.1, 0.15) is 30.2 Å².